The summed E-state index contributed by atoms with van der Waals surface area (Å²) in [5.74, 6) is -0.761. The van der Waals surface area contributed by atoms with Gasteiger partial charge in [-0.1, -0.05) is 36.7 Å². The highest BCUT2D eigenvalue weighted by Crippen LogP contribution is 2.30. The summed E-state index contributed by atoms with van der Waals surface area (Å²) in [7, 11) is 1.52. The van der Waals surface area contributed by atoms with Gasteiger partial charge in [0.15, 0.2) is 0 Å². The van der Waals surface area contributed by atoms with Crippen LogP contribution in [0.1, 0.15) is 23.7 Å². The van der Waals surface area contributed by atoms with Crippen LogP contribution in [0.5, 0.6) is 5.75 Å². The molecule has 8 heteroatoms. The molecule has 0 aliphatic heterocycles. The molecule has 0 spiro atoms. The molecule has 0 aliphatic rings. The molecule has 1 unspecified atom stereocenters. The van der Waals surface area contributed by atoms with Gasteiger partial charge in [-0.3, -0.25) is 9.59 Å². The van der Waals surface area contributed by atoms with Gasteiger partial charge in [0.05, 0.1) is 22.9 Å². The van der Waals surface area contributed by atoms with Crippen LogP contribution in [-0.4, -0.2) is 24.2 Å². The smallest absolute Gasteiger partial charge is 0.258 e. The number of hydrogen-bond donors (Lipinski definition) is 2. The average molecular weight is 473 g/mol. The average Bonchev–Trinajstić information content (AvgIpc) is 2.78. The van der Waals surface area contributed by atoms with E-state index in [1.165, 1.54) is 37.1 Å². The van der Waals surface area contributed by atoms with E-state index in [0.29, 0.717) is 28.6 Å². The van der Waals surface area contributed by atoms with Gasteiger partial charge in [0.2, 0.25) is 5.91 Å². The lowest BCUT2D eigenvalue weighted by atomic mass is 10.2. The van der Waals surface area contributed by atoms with Crippen LogP contribution in [-0.2, 0) is 4.79 Å². The maximum atomic E-state index is 13.9. The second kappa shape index (κ2) is 11.0. The molecule has 0 aromatic heterocycles. The van der Waals surface area contributed by atoms with E-state index in [2.05, 4.69) is 10.6 Å². The molecule has 0 heterocycles. The first kappa shape index (κ1) is 23.6. The Hall–Kier alpha value is -3.03. The molecule has 1 atom stereocenters. The predicted octanol–water partition coefficient (Wildman–Crippen LogP) is 6.25. The van der Waals surface area contributed by atoms with Crippen LogP contribution in [0.3, 0.4) is 0 Å². The molecule has 166 valence electrons. The Balaban J connectivity index is 1.67. The molecule has 0 saturated carbocycles. The van der Waals surface area contributed by atoms with Crippen LogP contribution in [0.15, 0.2) is 71.6 Å². The van der Waals surface area contributed by atoms with Crippen LogP contribution < -0.4 is 15.4 Å². The number of benzene rings is 3. The van der Waals surface area contributed by atoms with Crippen molar-refractivity contribution < 1.29 is 18.7 Å². The quantitative estimate of drug-likeness (QED) is 0.380. The first-order valence-electron chi connectivity index (χ1n) is 9.88. The summed E-state index contributed by atoms with van der Waals surface area (Å²) in [4.78, 5) is 25.9. The van der Waals surface area contributed by atoms with Crippen molar-refractivity contribution >= 4 is 46.6 Å². The molecule has 2 amide bonds. The first-order chi connectivity index (χ1) is 15.4. The van der Waals surface area contributed by atoms with Crippen molar-refractivity contribution in [3.8, 4) is 5.75 Å². The highest BCUT2D eigenvalue weighted by Gasteiger charge is 2.19. The predicted molar refractivity (Wildman–Crippen MR) is 127 cm³/mol. The monoisotopic (exact) mass is 472 g/mol. The number of carbonyl (C=O) groups is 2. The number of hydrogen-bond acceptors (Lipinski definition) is 4. The molecule has 2 N–H and O–H groups in total. The summed E-state index contributed by atoms with van der Waals surface area (Å²) in [6.45, 7) is 1.92. The number of methoxy groups -OCH3 is 1. The first-order valence-corrected chi connectivity index (χ1v) is 11.1. The summed E-state index contributed by atoms with van der Waals surface area (Å²) in [6, 6.07) is 17.9. The third-order valence-electron chi connectivity index (χ3n) is 4.57. The van der Waals surface area contributed by atoms with Crippen molar-refractivity contribution in [2.45, 2.75) is 23.5 Å². The molecule has 0 radical (unpaired) electrons. The molecule has 3 aromatic carbocycles. The topological polar surface area (TPSA) is 67.4 Å². The van der Waals surface area contributed by atoms with Gasteiger partial charge in [0, 0.05) is 16.3 Å². The maximum Gasteiger partial charge on any atom is 0.258 e. The molecule has 3 rings (SSSR count). The third kappa shape index (κ3) is 6.02. The normalized spacial score (nSPS) is 11.5. The minimum atomic E-state index is -0.586. The van der Waals surface area contributed by atoms with E-state index >= 15 is 0 Å². The summed E-state index contributed by atoms with van der Waals surface area (Å²) >= 11 is 7.50. The number of halogens is 2. The molecule has 0 saturated heterocycles. The number of ether oxygens (including phenoxy) is 1. The molecular formula is C24H22ClFN2O3S. The highest BCUT2D eigenvalue weighted by molar-refractivity contribution is 8.00. The fourth-order valence-corrected chi connectivity index (χ4v) is 4.22. The summed E-state index contributed by atoms with van der Waals surface area (Å²) < 4.78 is 19.0. The van der Waals surface area contributed by atoms with E-state index in [-0.39, 0.29) is 16.7 Å². The van der Waals surface area contributed by atoms with E-state index in [9.17, 15) is 14.0 Å². The van der Waals surface area contributed by atoms with Crippen LogP contribution in [0.4, 0.5) is 15.8 Å². The maximum absolute atomic E-state index is 13.9. The minimum Gasteiger partial charge on any atom is -0.495 e. The second-order valence-corrected chi connectivity index (χ2v) is 8.50. The van der Waals surface area contributed by atoms with E-state index in [4.69, 9.17) is 16.3 Å². The number of thioether (sulfide) groups is 1. The zero-order valence-electron chi connectivity index (χ0n) is 17.5. The summed E-state index contributed by atoms with van der Waals surface area (Å²) in [5.41, 5.74) is 1.06. The zero-order chi connectivity index (χ0) is 23.1. The largest absolute Gasteiger partial charge is 0.495 e. The van der Waals surface area contributed by atoms with E-state index in [1.54, 1.807) is 42.5 Å². The lowest BCUT2D eigenvalue weighted by Crippen LogP contribution is -2.24. The van der Waals surface area contributed by atoms with Crippen molar-refractivity contribution in [2.24, 2.45) is 0 Å². The molecule has 5 nitrogen and oxygen atoms in total. The Morgan fingerprint density at radius 2 is 1.78 bits per heavy atom. The molecule has 3 aromatic rings. The van der Waals surface area contributed by atoms with E-state index in [0.717, 1.165) is 4.90 Å². The van der Waals surface area contributed by atoms with Crippen molar-refractivity contribution in [3.63, 3.8) is 0 Å². The van der Waals surface area contributed by atoms with E-state index < -0.39 is 11.7 Å². The molecule has 32 heavy (non-hydrogen) atoms. The molecule has 0 aliphatic carbocycles. The van der Waals surface area contributed by atoms with Crippen LogP contribution in [0, 0.1) is 5.82 Å². The van der Waals surface area contributed by atoms with Gasteiger partial charge in [0.1, 0.15) is 11.6 Å². The third-order valence-corrected chi connectivity index (χ3v) is 6.22. The Morgan fingerprint density at radius 3 is 2.47 bits per heavy atom. The summed E-state index contributed by atoms with van der Waals surface area (Å²) in [6.07, 6.45) is 0.589. The van der Waals surface area contributed by atoms with Crippen molar-refractivity contribution in [2.75, 3.05) is 17.7 Å². The van der Waals surface area contributed by atoms with Gasteiger partial charge in [-0.05, 0) is 55.0 Å². The van der Waals surface area contributed by atoms with Gasteiger partial charge < -0.3 is 15.4 Å². The van der Waals surface area contributed by atoms with Crippen molar-refractivity contribution in [1.82, 2.24) is 0 Å². The second-order valence-electron chi connectivity index (χ2n) is 6.82. The van der Waals surface area contributed by atoms with Crippen LogP contribution >= 0.6 is 23.4 Å². The molecular weight excluding hydrogens is 451 g/mol. The Bertz CT molecular complexity index is 1130. The van der Waals surface area contributed by atoms with Crippen molar-refractivity contribution in [3.05, 3.63) is 83.1 Å². The Labute approximate surface area is 195 Å². The number of carbonyl (C=O) groups excluding carboxylic acids is 2. The van der Waals surface area contributed by atoms with Gasteiger partial charge in [-0.15, -0.1) is 11.8 Å². The highest BCUT2D eigenvalue weighted by atomic mass is 35.5. The number of rotatable bonds is 8. The minimum absolute atomic E-state index is 0.0329. The Kier molecular flexibility index (Phi) is 8.14. The van der Waals surface area contributed by atoms with Crippen molar-refractivity contribution in [1.29, 1.82) is 0 Å². The van der Waals surface area contributed by atoms with Gasteiger partial charge >= 0.3 is 0 Å². The number of amides is 2. The van der Waals surface area contributed by atoms with Crippen LogP contribution in [0.25, 0.3) is 0 Å². The fourth-order valence-electron chi connectivity index (χ4n) is 2.94. The molecule has 0 fully saturated rings. The zero-order valence-corrected chi connectivity index (χ0v) is 19.1. The van der Waals surface area contributed by atoms with Gasteiger partial charge in [-0.2, -0.15) is 0 Å². The van der Waals surface area contributed by atoms with Crippen LogP contribution in [0.2, 0.25) is 5.02 Å². The fraction of sp³-hybridized carbons (Fsp3) is 0.167. The molecule has 0 bridgehead atoms. The number of nitrogens with one attached hydrogen (secondary N) is 2. The number of anilines is 2. The lowest BCUT2D eigenvalue weighted by molar-refractivity contribution is -0.115. The Morgan fingerprint density at radius 1 is 1.03 bits per heavy atom. The standard InChI is InChI=1S/C24H22ClFN2O3S/c1-3-22(24(30)28-16-11-12-21(31-2)19(25)14-16)32-17-8-6-7-15(13-17)27-23(29)18-9-4-5-10-20(18)26/h4-14,22H,3H2,1-2H3,(H,27,29)(H,28,30). The summed E-state index contributed by atoms with van der Waals surface area (Å²) in [5, 5.41) is 5.61. The van der Waals surface area contributed by atoms with Gasteiger partial charge in [-0.25, -0.2) is 4.39 Å². The lowest BCUT2D eigenvalue weighted by Gasteiger charge is -2.16. The van der Waals surface area contributed by atoms with Gasteiger partial charge in [0.25, 0.3) is 5.91 Å². The van der Waals surface area contributed by atoms with E-state index in [1.807, 2.05) is 13.0 Å². The SMILES string of the molecule is CCC(Sc1cccc(NC(=O)c2ccccc2F)c1)C(=O)Nc1ccc(OC)c(Cl)c1.